The maximum Gasteiger partial charge on any atom is 0.196 e. The number of aromatic nitrogens is 1. The summed E-state index contributed by atoms with van der Waals surface area (Å²) >= 11 is 0. The molecule has 1 aliphatic carbocycles. The van der Waals surface area contributed by atoms with Gasteiger partial charge in [-0.3, -0.25) is 4.79 Å². The summed E-state index contributed by atoms with van der Waals surface area (Å²) in [6.07, 6.45) is 1.19. The van der Waals surface area contributed by atoms with Gasteiger partial charge in [-0.2, -0.15) is 0 Å². The molecule has 5 nitrogen and oxygen atoms in total. The average molecular weight is 442 g/mol. The van der Waals surface area contributed by atoms with Crippen molar-refractivity contribution in [3.8, 4) is 11.3 Å². The summed E-state index contributed by atoms with van der Waals surface area (Å²) in [7, 11) is 0. The molecule has 0 amide bonds. The fraction of sp³-hybridized carbons (Fsp3) is 0.259. The first-order valence-electron chi connectivity index (χ1n) is 11.4. The molecule has 1 fully saturated rings. The van der Waals surface area contributed by atoms with Crippen LogP contribution in [-0.2, 0) is 0 Å². The van der Waals surface area contributed by atoms with Gasteiger partial charge in [0.25, 0.3) is 0 Å². The number of carbonyl (C=O) groups is 1. The van der Waals surface area contributed by atoms with Gasteiger partial charge in [-0.05, 0) is 48.6 Å². The van der Waals surface area contributed by atoms with Crippen LogP contribution in [0.2, 0.25) is 0 Å². The van der Waals surface area contributed by atoms with Crippen LogP contribution in [0, 0.1) is 17.7 Å². The highest BCUT2D eigenvalue weighted by molar-refractivity contribution is 6.28. The number of halogens is 1. The number of piperidine rings is 1. The highest BCUT2D eigenvalue weighted by Gasteiger charge is 2.34. The lowest BCUT2D eigenvalue weighted by molar-refractivity contribution is 0.104. The van der Waals surface area contributed by atoms with E-state index in [1.807, 2.05) is 30.3 Å². The van der Waals surface area contributed by atoms with Crippen LogP contribution in [-0.4, -0.2) is 24.0 Å². The van der Waals surface area contributed by atoms with Crippen LogP contribution in [0.15, 0.2) is 59.1 Å². The fourth-order valence-corrected chi connectivity index (χ4v) is 5.43. The van der Waals surface area contributed by atoms with E-state index < -0.39 is 0 Å². The van der Waals surface area contributed by atoms with Gasteiger partial charge in [0.15, 0.2) is 11.5 Å². The number of nitrogens with zero attached hydrogens (tertiary/aromatic N) is 2. The first kappa shape index (κ1) is 20.0. The maximum atomic E-state index is 13.7. The second-order valence-corrected chi connectivity index (χ2v) is 9.41. The molecular weight excluding hydrogens is 417 g/mol. The van der Waals surface area contributed by atoms with E-state index in [1.54, 1.807) is 12.1 Å². The lowest BCUT2D eigenvalue weighted by Gasteiger charge is -2.37. The molecule has 0 saturated carbocycles. The van der Waals surface area contributed by atoms with E-state index >= 15 is 0 Å². The molecule has 1 N–H and O–H groups in total. The Morgan fingerprint density at radius 1 is 1.03 bits per heavy atom. The Morgan fingerprint density at radius 2 is 1.73 bits per heavy atom. The van der Waals surface area contributed by atoms with Gasteiger partial charge in [0.05, 0.1) is 22.3 Å². The van der Waals surface area contributed by atoms with Gasteiger partial charge in [0.2, 0.25) is 0 Å². The van der Waals surface area contributed by atoms with E-state index in [-0.39, 0.29) is 11.6 Å². The van der Waals surface area contributed by atoms with Crippen molar-refractivity contribution in [1.29, 1.82) is 0 Å². The zero-order valence-corrected chi connectivity index (χ0v) is 18.6. The molecule has 2 atom stereocenters. The Hall–Kier alpha value is -3.67. The lowest BCUT2D eigenvalue weighted by Crippen LogP contribution is -2.39. The van der Waals surface area contributed by atoms with E-state index in [4.69, 9.17) is 4.52 Å². The Kier molecular flexibility index (Phi) is 4.50. The minimum absolute atomic E-state index is 0.0668. The number of anilines is 3. The van der Waals surface area contributed by atoms with Crippen LogP contribution in [0.1, 0.15) is 36.2 Å². The lowest BCUT2D eigenvalue weighted by atomic mass is 9.85. The molecule has 6 heteroatoms. The molecule has 166 valence electrons. The Balaban J connectivity index is 1.60. The summed E-state index contributed by atoms with van der Waals surface area (Å²) in [6, 6.07) is 15.6. The molecule has 1 aromatic heterocycles. The standard InChI is InChI=1S/C27H24FN3O2/c1-15-11-16(2)14-31(13-15)22-12-21(29-18-9-7-17(28)8-10-18)23-24-25(22)30-33-27(24)20-6-4-3-5-19(20)26(23)32/h3-10,12,15-16,29H,11,13-14H2,1-2H3/t15-,16+. The first-order valence-corrected chi connectivity index (χ1v) is 11.4. The molecule has 4 aromatic rings. The fourth-order valence-electron chi connectivity index (χ4n) is 5.43. The molecule has 6 rings (SSSR count). The van der Waals surface area contributed by atoms with Gasteiger partial charge in [-0.1, -0.05) is 43.3 Å². The second-order valence-electron chi connectivity index (χ2n) is 9.41. The molecule has 1 saturated heterocycles. The van der Waals surface area contributed by atoms with Crippen molar-refractivity contribution in [1.82, 2.24) is 5.16 Å². The minimum atomic E-state index is -0.305. The van der Waals surface area contributed by atoms with Crippen LogP contribution >= 0.6 is 0 Å². The van der Waals surface area contributed by atoms with Gasteiger partial charge < -0.3 is 14.7 Å². The van der Waals surface area contributed by atoms with Crippen molar-refractivity contribution >= 4 is 33.7 Å². The minimum Gasteiger partial charge on any atom is -0.369 e. The third-order valence-electron chi connectivity index (χ3n) is 6.71. The molecule has 0 spiro atoms. The van der Waals surface area contributed by atoms with Crippen LogP contribution in [0.25, 0.3) is 22.2 Å². The van der Waals surface area contributed by atoms with E-state index in [2.05, 4.69) is 29.2 Å². The van der Waals surface area contributed by atoms with Crippen molar-refractivity contribution in [3.05, 3.63) is 71.5 Å². The monoisotopic (exact) mass is 441 g/mol. The summed E-state index contributed by atoms with van der Waals surface area (Å²) < 4.78 is 19.4. The number of hydrogen-bond donors (Lipinski definition) is 1. The quantitative estimate of drug-likeness (QED) is 0.351. The Labute approximate surface area is 191 Å². The topological polar surface area (TPSA) is 58.4 Å². The Morgan fingerprint density at radius 3 is 2.45 bits per heavy atom. The van der Waals surface area contributed by atoms with Gasteiger partial charge in [-0.25, -0.2) is 4.39 Å². The Bertz CT molecular complexity index is 1380. The molecule has 2 aliphatic rings. The molecule has 2 heterocycles. The molecular formula is C27H24FN3O2. The molecule has 0 bridgehead atoms. The third kappa shape index (κ3) is 3.20. The van der Waals surface area contributed by atoms with Crippen molar-refractivity contribution in [2.24, 2.45) is 11.8 Å². The van der Waals surface area contributed by atoms with Crippen LogP contribution in [0.5, 0.6) is 0 Å². The highest BCUT2D eigenvalue weighted by atomic mass is 19.1. The van der Waals surface area contributed by atoms with E-state index in [9.17, 15) is 9.18 Å². The van der Waals surface area contributed by atoms with Crippen molar-refractivity contribution in [2.75, 3.05) is 23.3 Å². The molecule has 1 aliphatic heterocycles. The largest absolute Gasteiger partial charge is 0.369 e. The van der Waals surface area contributed by atoms with Crippen LogP contribution in [0.3, 0.4) is 0 Å². The van der Waals surface area contributed by atoms with Gasteiger partial charge in [-0.15, -0.1) is 0 Å². The molecule has 3 aromatic carbocycles. The van der Waals surface area contributed by atoms with Crippen molar-refractivity contribution < 1.29 is 13.7 Å². The van der Waals surface area contributed by atoms with Crippen LogP contribution in [0.4, 0.5) is 21.5 Å². The van der Waals surface area contributed by atoms with Gasteiger partial charge in [0, 0.05) is 29.9 Å². The summed E-state index contributed by atoms with van der Waals surface area (Å²) in [5, 5.41) is 8.58. The third-order valence-corrected chi connectivity index (χ3v) is 6.71. The molecule has 0 radical (unpaired) electrons. The normalized spacial score (nSPS) is 19.6. The molecule has 33 heavy (non-hydrogen) atoms. The average Bonchev–Trinajstić information content (AvgIpc) is 3.24. The number of nitrogens with one attached hydrogen (secondary N) is 1. The zero-order chi connectivity index (χ0) is 22.7. The van der Waals surface area contributed by atoms with E-state index in [0.29, 0.717) is 45.6 Å². The summed E-state index contributed by atoms with van der Waals surface area (Å²) in [5.74, 6) is 1.36. The SMILES string of the molecule is C[C@@H]1C[C@H](C)CN(c2cc(Nc3ccc(F)cc3)c3c4c(onc24)-c2ccccc2C3=O)C1. The number of carbonyl (C=O) groups excluding carboxylic acids is 1. The highest BCUT2D eigenvalue weighted by Crippen LogP contribution is 2.47. The summed E-state index contributed by atoms with van der Waals surface area (Å²) in [6.45, 7) is 6.37. The summed E-state index contributed by atoms with van der Waals surface area (Å²) in [4.78, 5) is 16.0. The predicted molar refractivity (Wildman–Crippen MR) is 128 cm³/mol. The van der Waals surface area contributed by atoms with Crippen LogP contribution < -0.4 is 10.2 Å². The van der Waals surface area contributed by atoms with Crippen molar-refractivity contribution in [3.63, 3.8) is 0 Å². The van der Waals surface area contributed by atoms with E-state index in [1.165, 1.54) is 18.6 Å². The zero-order valence-electron chi connectivity index (χ0n) is 18.6. The first-order chi connectivity index (χ1) is 16.0. The second kappa shape index (κ2) is 7.44. The maximum absolute atomic E-state index is 13.7. The van der Waals surface area contributed by atoms with Gasteiger partial charge in [0.1, 0.15) is 11.3 Å². The number of ketones is 1. The van der Waals surface area contributed by atoms with Crippen molar-refractivity contribution in [2.45, 2.75) is 20.3 Å². The number of rotatable bonds is 3. The number of hydrogen-bond acceptors (Lipinski definition) is 5. The van der Waals surface area contributed by atoms with E-state index in [0.717, 1.165) is 29.7 Å². The predicted octanol–water partition coefficient (Wildman–Crippen LogP) is 6.40. The smallest absolute Gasteiger partial charge is 0.196 e. The van der Waals surface area contributed by atoms with Gasteiger partial charge >= 0.3 is 0 Å². The summed E-state index contributed by atoms with van der Waals surface area (Å²) in [5.41, 5.74) is 4.97. The number of benzene rings is 3. The molecule has 0 unspecified atom stereocenters. The number of fused-ring (bicyclic) bond motifs is 2.